The van der Waals surface area contributed by atoms with Crippen LogP contribution in [0.1, 0.15) is 41.9 Å². The Morgan fingerprint density at radius 1 is 1.07 bits per heavy atom. The van der Waals surface area contributed by atoms with Gasteiger partial charge >= 0.3 is 0 Å². The van der Waals surface area contributed by atoms with E-state index in [1.54, 1.807) is 0 Å². The Bertz CT molecular complexity index is 797. The van der Waals surface area contributed by atoms with E-state index in [9.17, 15) is 0 Å². The van der Waals surface area contributed by atoms with E-state index in [0.717, 1.165) is 75.3 Å². The highest BCUT2D eigenvalue weighted by molar-refractivity contribution is 7.19. The van der Waals surface area contributed by atoms with Gasteiger partial charge in [-0.05, 0) is 44.1 Å². The van der Waals surface area contributed by atoms with Crippen molar-refractivity contribution in [1.29, 1.82) is 0 Å². The van der Waals surface area contributed by atoms with Gasteiger partial charge in [-0.25, -0.2) is 9.97 Å². The number of thiophene rings is 1. The zero-order chi connectivity index (χ0) is 18.1. The molecule has 2 aromatic heterocycles. The van der Waals surface area contributed by atoms with E-state index in [1.807, 2.05) is 11.3 Å². The van der Waals surface area contributed by atoms with Gasteiger partial charge in [0, 0.05) is 31.1 Å². The minimum Gasteiger partial charge on any atom is -0.379 e. The van der Waals surface area contributed by atoms with E-state index in [1.165, 1.54) is 41.5 Å². The molecule has 2 saturated heterocycles. The molecule has 1 aliphatic carbocycles. The van der Waals surface area contributed by atoms with Gasteiger partial charge < -0.3 is 14.8 Å². The van der Waals surface area contributed by atoms with Crippen LogP contribution in [0, 0.1) is 0 Å². The smallest absolute Gasteiger partial charge is 0.146 e. The predicted octanol–water partition coefficient (Wildman–Crippen LogP) is 2.99. The van der Waals surface area contributed by atoms with Crippen molar-refractivity contribution >= 4 is 27.4 Å². The van der Waals surface area contributed by atoms with E-state index in [-0.39, 0.29) is 0 Å². The monoisotopic (exact) mass is 388 g/mol. The van der Waals surface area contributed by atoms with Gasteiger partial charge in [-0.2, -0.15) is 0 Å². The molecule has 0 spiro atoms. The fourth-order valence-corrected chi connectivity index (χ4v) is 5.66. The Kier molecular flexibility index (Phi) is 5.27. The second-order valence-electron chi connectivity index (χ2n) is 7.78. The first-order valence-electron chi connectivity index (χ1n) is 10.3. The number of ether oxygens (including phenoxy) is 2. The highest BCUT2D eigenvalue weighted by Crippen LogP contribution is 2.38. The van der Waals surface area contributed by atoms with Crippen molar-refractivity contribution in [3.05, 3.63) is 16.3 Å². The molecule has 2 fully saturated rings. The Balaban J connectivity index is 1.46. The van der Waals surface area contributed by atoms with Gasteiger partial charge in [0.1, 0.15) is 16.5 Å². The molecule has 2 aliphatic heterocycles. The summed E-state index contributed by atoms with van der Waals surface area (Å²) in [6, 6.07) is 0. The molecule has 3 aliphatic rings. The Morgan fingerprint density at radius 2 is 1.96 bits per heavy atom. The van der Waals surface area contributed by atoms with Gasteiger partial charge in [0.15, 0.2) is 0 Å². The third-order valence-corrected chi connectivity index (χ3v) is 7.04. The first-order valence-corrected chi connectivity index (χ1v) is 11.2. The number of nitrogens with one attached hydrogen (secondary N) is 1. The predicted molar refractivity (Wildman–Crippen MR) is 108 cm³/mol. The second-order valence-corrected chi connectivity index (χ2v) is 8.87. The molecule has 0 saturated carbocycles. The molecule has 5 rings (SSSR count). The number of anilines is 1. The van der Waals surface area contributed by atoms with Crippen molar-refractivity contribution in [3.63, 3.8) is 0 Å². The number of fused-ring (bicyclic) bond motifs is 3. The summed E-state index contributed by atoms with van der Waals surface area (Å²) in [5.74, 6) is 1.95. The van der Waals surface area contributed by atoms with E-state index in [4.69, 9.17) is 19.4 Å². The van der Waals surface area contributed by atoms with Gasteiger partial charge in [0.2, 0.25) is 0 Å². The van der Waals surface area contributed by atoms with Gasteiger partial charge in [0.25, 0.3) is 0 Å². The first kappa shape index (κ1) is 17.8. The molecule has 146 valence electrons. The van der Waals surface area contributed by atoms with Gasteiger partial charge in [-0.15, -0.1) is 11.3 Å². The SMILES string of the molecule is C1CCc2c(sc3nc(CN4CCOCC4)nc(NCC4CCCO4)c23)C1. The fourth-order valence-electron chi connectivity index (χ4n) is 4.38. The summed E-state index contributed by atoms with van der Waals surface area (Å²) in [6.07, 6.45) is 7.56. The molecule has 0 radical (unpaired) electrons. The van der Waals surface area contributed by atoms with Crippen molar-refractivity contribution in [3.8, 4) is 0 Å². The van der Waals surface area contributed by atoms with Gasteiger partial charge in [-0.3, -0.25) is 4.90 Å². The zero-order valence-electron chi connectivity index (χ0n) is 15.8. The normalized spacial score (nSPS) is 23.6. The van der Waals surface area contributed by atoms with Crippen LogP contribution in [0.15, 0.2) is 0 Å². The highest BCUT2D eigenvalue weighted by atomic mass is 32.1. The van der Waals surface area contributed by atoms with Crippen molar-refractivity contribution in [2.75, 3.05) is 44.8 Å². The molecule has 0 aromatic carbocycles. The largest absolute Gasteiger partial charge is 0.379 e. The van der Waals surface area contributed by atoms with E-state index in [2.05, 4.69) is 10.2 Å². The van der Waals surface area contributed by atoms with Crippen LogP contribution < -0.4 is 5.32 Å². The maximum Gasteiger partial charge on any atom is 0.146 e. The van der Waals surface area contributed by atoms with Crippen LogP contribution in [0.3, 0.4) is 0 Å². The summed E-state index contributed by atoms with van der Waals surface area (Å²) in [5.41, 5.74) is 1.49. The molecular formula is C20H28N4O2S. The number of morpholine rings is 1. The lowest BCUT2D eigenvalue weighted by atomic mass is 9.97. The summed E-state index contributed by atoms with van der Waals surface area (Å²) in [5, 5.41) is 4.91. The second kappa shape index (κ2) is 7.99. The lowest BCUT2D eigenvalue weighted by molar-refractivity contribution is 0.0331. The molecule has 1 N–H and O–H groups in total. The van der Waals surface area contributed by atoms with Crippen molar-refractivity contribution in [2.45, 2.75) is 51.2 Å². The number of hydrogen-bond acceptors (Lipinski definition) is 7. The van der Waals surface area contributed by atoms with Crippen LogP contribution in [0.2, 0.25) is 0 Å². The number of hydrogen-bond donors (Lipinski definition) is 1. The Hall–Kier alpha value is -1.28. The molecule has 4 heterocycles. The number of aryl methyl sites for hydroxylation is 2. The average molecular weight is 389 g/mol. The third kappa shape index (κ3) is 3.83. The van der Waals surface area contributed by atoms with Crippen LogP contribution in [0.5, 0.6) is 0 Å². The average Bonchev–Trinajstić information content (AvgIpc) is 3.34. The molecular weight excluding hydrogens is 360 g/mol. The Morgan fingerprint density at radius 3 is 2.81 bits per heavy atom. The van der Waals surface area contributed by atoms with Crippen LogP contribution in [-0.4, -0.2) is 60.4 Å². The standard InChI is InChI=1S/C20H28N4O2S/c1-2-6-16-15(5-1)18-19(21-12-14-4-3-9-26-14)22-17(23-20(18)27-16)13-24-7-10-25-11-8-24/h14H,1-13H2,(H,21,22,23). The van der Waals surface area contributed by atoms with E-state index in [0.29, 0.717) is 6.10 Å². The first-order chi connectivity index (χ1) is 13.4. The molecule has 6 nitrogen and oxygen atoms in total. The topological polar surface area (TPSA) is 59.5 Å². The maximum atomic E-state index is 5.81. The molecule has 1 atom stereocenters. The number of aromatic nitrogens is 2. The summed E-state index contributed by atoms with van der Waals surface area (Å²) >= 11 is 1.88. The van der Waals surface area contributed by atoms with Crippen molar-refractivity contribution < 1.29 is 9.47 Å². The molecule has 27 heavy (non-hydrogen) atoms. The van der Waals surface area contributed by atoms with Gasteiger partial charge in [0.05, 0.1) is 31.2 Å². The number of rotatable bonds is 5. The summed E-state index contributed by atoms with van der Waals surface area (Å²) < 4.78 is 11.3. The lowest BCUT2D eigenvalue weighted by Gasteiger charge is -2.26. The fraction of sp³-hybridized carbons (Fsp3) is 0.700. The van der Waals surface area contributed by atoms with E-state index < -0.39 is 0 Å². The minimum atomic E-state index is 0.312. The quantitative estimate of drug-likeness (QED) is 0.850. The van der Waals surface area contributed by atoms with Crippen LogP contribution in [0.25, 0.3) is 10.2 Å². The highest BCUT2D eigenvalue weighted by Gasteiger charge is 2.23. The summed E-state index contributed by atoms with van der Waals surface area (Å²) in [6.45, 7) is 6.06. The van der Waals surface area contributed by atoms with Gasteiger partial charge in [-0.1, -0.05) is 0 Å². The van der Waals surface area contributed by atoms with Crippen LogP contribution in [0.4, 0.5) is 5.82 Å². The molecule has 2 aromatic rings. The third-order valence-electron chi connectivity index (χ3n) is 5.85. The van der Waals surface area contributed by atoms with Crippen LogP contribution in [-0.2, 0) is 28.9 Å². The van der Waals surface area contributed by atoms with Crippen LogP contribution >= 0.6 is 11.3 Å². The summed E-state index contributed by atoms with van der Waals surface area (Å²) in [4.78, 5) is 15.0. The van der Waals surface area contributed by atoms with Crippen molar-refractivity contribution in [1.82, 2.24) is 14.9 Å². The van der Waals surface area contributed by atoms with Crippen molar-refractivity contribution in [2.24, 2.45) is 0 Å². The lowest BCUT2D eigenvalue weighted by Crippen LogP contribution is -2.36. The molecule has 1 unspecified atom stereocenters. The minimum absolute atomic E-state index is 0.312. The molecule has 0 amide bonds. The zero-order valence-corrected chi connectivity index (χ0v) is 16.7. The maximum absolute atomic E-state index is 5.81. The Labute approximate surface area is 164 Å². The molecule has 7 heteroatoms. The summed E-state index contributed by atoms with van der Waals surface area (Å²) in [7, 11) is 0. The van der Waals surface area contributed by atoms with E-state index >= 15 is 0 Å². The molecule has 0 bridgehead atoms. The number of nitrogens with zero attached hydrogens (tertiary/aromatic N) is 3.